The van der Waals surface area contributed by atoms with Gasteiger partial charge in [-0.25, -0.2) is 0 Å². The lowest BCUT2D eigenvalue weighted by Gasteiger charge is -2.22. The van der Waals surface area contributed by atoms with Crippen molar-refractivity contribution in [1.82, 2.24) is 4.90 Å². The van der Waals surface area contributed by atoms with Gasteiger partial charge in [0, 0.05) is 31.3 Å². The Morgan fingerprint density at radius 1 is 1.23 bits per heavy atom. The number of anilines is 1. The first-order valence-electron chi connectivity index (χ1n) is 7.78. The fourth-order valence-electron chi connectivity index (χ4n) is 2.25. The van der Waals surface area contributed by atoms with E-state index in [1.165, 1.54) is 6.92 Å². The van der Waals surface area contributed by atoms with E-state index in [1.54, 1.807) is 17.0 Å². The molecule has 0 aliphatic carbocycles. The fourth-order valence-corrected chi connectivity index (χ4v) is 2.25. The molecule has 2 N–H and O–H groups in total. The maximum atomic E-state index is 12.6. The summed E-state index contributed by atoms with van der Waals surface area (Å²) >= 11 is 0. The predicted molar refractivity (Wildman–Crippen MR) is 88.0 cm³/mol. The monoisotopic (exact) mass is 306 g/mol. The molecule has 1 aromatic carbocycles. The summed E-state index contributed by atoms with van der Waals surface area (Å²) in [6.07, 6.45) is 3.06. The van der Waals surface area contributed by atoms with E-state index in [2.05, 4.69) is 12.2 Å². The van der Waals surface area contributed by atoms with Crippen LogP contribution in [0.1, 0.15) is 49.0 Å². The molecule has 0 unspecified atom stereocenters. The van der Waals surface area contributed by atoms with Gasteiger partial charge in [0.05, 0.1) is 6.61 Å². The zero-order chi connectivity index (χ0) is 16.5. The number of rotatable bonds is 8. The van der Waals surface area contributed by atoms with Crippen molar-refractivity contribution in [2.45, 2.75) is 40.0 Å². The van der Waals surface area contributed by atoms with Crippen molar-refractivity contribution in [1.29, 1.82) is 0 Å². The number of nitrogens with one attached hydrogen (secondary N) is 1. The molecule has 0 fully saturated rings. The Bertz CT molecular complexity index is 515. The molecule has 0 saturated heterocycles. The van der Waals surface area contributed by atoms with Crippen LogP contribution in [0.3, 0.4) is 0 Å². The van der Waals surface area contributed by atoms with Crippen LogP contribution in [0.5, 0.6) is 0 Å². The Labute approximate surface area is 132 Å². The van der Waals surface area contributed by atoms with Crippen molar-refractivity contribution in [2.75, 3.05) is 25.0 Å². The van der Waals surface area contributed by atoms with E-state index in [1.807, 2.05) is 13.0 Å². The van der Waals surface area contributed by atoms with E-state index >= 15 is 0 Å². The van der Waals surface area contributed by atoms with Crippen molar-refractivity contribution < 1.29 is 14.7 Å². The van der Waals surface area contributed by atoms with Crippen molar-refractivity contribution in [2.24, 2.45) is 0 Å². The highest BCUT2D eigenvalue weighted by Gasteiger charge is 2.16. The first-order valence-corrected chi connectivity index (χ1v) is 7.78. The highest BCUT2D eigenvalue weighted by atomic mass is 16.3. The number of aryl methyl sites for hydroxylation is 1. The third kappa shape index (κ3) is 5.48. The molecule has 0 atom stereocenters. The quantitative estimate of drug-likeness (QED) is 0.725. The summed E-state index contributed by atoms with van der Waals surface area (Å²) in [5.74, 6) is -0.278. The number of hydrogen-bond donors (Lipinski definition) is 2. The first kappa shape index (κ1) is 18.2. The van der Waals surface area contributed by atoms with Crippen molar-refractivity contribution in [3.05, 3.63) is 29.3 Å². The third-order valence-corrected chi connectivity index (χ3v) is 3.48. The van der Waals surface area contributed by atoms with Crippen LogP contribution in [-0.2, 0) is 4.79 Å². The molecule has 2 amide bonds. The lowest BCUT2D eigenvalue weighted by molar-refractivity contribution is -0.114. The summed E-state index contributed by atoms with van der Waals surface area (Å²) in [6, 6.07) is 5.28. The molecular weight excluding hydrogens is 280 g/mol. The van der Waals surface area contributed by atoms with Gasteiger partial charge in [0.15, 0.2) is 0 Å². The standard InChI is InChI=1S/C17H26N2O3/c1-4-5-6-9-19(10-11-20)17(22)15-8-7-13(2)16(12-15)18-14(3)21/h7-8,12,20H,4-6,9-11H2,1-3H3,(H,18,21). The molecule has 122 valence electrons. The molecule has 0 aliphatic rings. The van der Waals surface area contributed by atoms with Crippen LogP contribution < -0.4 is 5.32 Å². The summed E-state index contributed by atoms with van der Waals surface area (Å²) in [5, 5.41) is 11.9. The number of carbonyl (C=O) groups is 2. The topological polar surface area (TPSA) is 69.6 Å². The van der Waals surface area contributed by atoms with Crippen LogP contribution in [0.2, 0.25) is 0 Å². The van der Waals surface area contributed by atoms with Gasteiger partial charge < -0.3 is 15.3 Å². The molecule has 1 aromatic rings. The maximum Gasteiger partial charge on any atom is 0.254 e. The number of aliphatic hydroxyl groups is 1. The van der Waals surface area contributed by atoms with Crippen LogP contribution in [0.4, 0.5) is 5.69 Å². The minimum absolute atomic E-state index is 0.0533. The van der Waals surface area contributed by atoms with Crippen molar-refractivity contribution >= 4 is 17.5 Å². The SMILES string of the molecule is CCCCCN(CCO)C(=O)c1ccc(C)c(NC(C)=O)c1. The largest absolute Gasteiger partial charge is 0.395 e. The number of amides is 2. The van der Waals surface area contributed by atoms with Gasteiger partial charge in [-0.2, -0.15) is 0 Å². The number of hydrogen-bond acceptors (Lipinski definition) is 3. The van der Waals surface area contributed by atoms with Gasteiger partial charge in [-0.05, 0) is 31.0 Å². The molecule has 22 heavy (non-hydrogen) atoms. The van der Waals surface area contributed by atoms with Crippen LogP contribution in [0.15, 0.2) is 18.2 Å². The lowest BCUT2D eigenvalue weighted by Crippen LogP contribution is -2.34. The number of carbonyl (C=O) groups excluding carboxylic acids is 2. The second kappa shape index (κ2) is 9.20. The van der Waals surface area contributed by atoms with Gasteiger partial charge in [0.1, 0.15) is 0 Å². The van der Waals surface area contributed by atoms with Gasteiger partial charge in [0.2, 0.25) is 5.91 Å². The fraction of sp³-hybridized carbons (Fsp3) is 0.529. The minimum atomic E-state index is -0.164. The molecule has 0 heterocycles. The molecule has 0 aliphatic heterocycles. The van der Waals surface area contributed by atoms with Crippen molar-refractivity contribution in [3.63, 3.8) is 0 Å². The summed E-state index contributed by atoms with van der Waals surface area (Å²) < 4.78 is 0. The minimum Gasteiger partial charge on any atom is -0.395 e. The Morgan fingerprint density at radius 3 is 2.55 bits per heavy atom. The zero-order valence-electron chi connectivity index (χ0n) is 13.7. The molecule has 1 rings (SSSR count). The second-order valence-corrected chi connectivity index (χ2v) is 5.43. The lowest BCUT2D eigenvalue weighted by atomic mass is 10.1. The van der Waals surface area contributed by atoms with E-state index in [-0.39, 0.29) is 18.4 Å². The zero-order valence-corrected chi connectivity index (χ0v) is 13.7. The van der Waals surface area contributed by atoms with Crippen LogP contribution in [-0.4, -0.2) is 41.5 Å². The summed E-state index contributed by atoms with van der Waals surface area (Å²) in [6.45, 7) is 6.34. The maximum absolute atomic E-state index is 12.6. The Kier molecular flexibility index (Phi) is 7.60. The van der Waals surface area contributed by atoms with E-state index in [4.69, 9.17) is 5.11 Å². The van der Waals surface area contributed by atoms with Gasteiger partial charge in [-0.3, -0.25) is 9.59 Å². The second-order valence-electron chi connectivity index (χ2n) is 5.43. The molecule has 0 saturated carbocycles. The van der Waals surface area contributed by atoms with Gasteiger partial charge >= 0.3 is 0 Å². The Morgan fingerprint density at radius 2 is 1.95 bits per heavy atom. The molecule has 0 radical (unpaired) electrons. The van der Waals surface area contributed by atoms with Gasteiger partial charge in [-0.1, -0.05) is 25.8 Å². The van der Waals surface area contributed by atoms with E-state index in [0.717, 1.165) is 24.8 Å². The van der Waals surface area contributed by atoms with Crippen LogP contribution >= 0.6 is 0 Å². The van der Waals surface area contributed by atoms with E-state index < -0.39 is 0 Å². The third-order valence-electron chi connectivity index (χ3n) is 3.48. The van der Waals surface area contributed by atoms with E-state index in [9.17, 15) is 9.59 Å². The molecule has 5 heteroatoms. The average Bonchev–Trinajstić information content (AvgIpc) is 2.47. The molecule has 0 spiro atoms. The molecule has 0 aromatic heterocycles. The number of nitrogens with zero attached hydrogens (tertiary/aromatic N) is 1. The van der Waals surface area contributed by atoms with Gasteiger partial charge in [-0.15, -0.1) is 0 Å². The normalized spacial score (nSPS) is 10.4. The average molecular weight is 306 g/mol. The summed E-state index contributed by atoms with van der Waals surface area (Å²) in [5.41, 5.74) is 2.08. The highest BCUT2D eigenvalue weighted by Crippen LogP contribution is 2.18. The molecule has 5 nitrogen and oxygen atoms in total. The highest BCUT2D eigenvalue weighted by molar-refractivity contribution is 5.97. The number of unbranched alkanes of at least 4 members (excludes halogenated alkanes) is 2. The summed E-state index contributed by atoms with van der Waals surface area (Å²) in [4.78, 5) is 25.5. The van der Waals surface area contributed by atoms with E-state index in [0.29, 0.717) is 24.3 Å². The van der Waals surface area contributed by atoms with Gasteiger partial charge in [0.25, 0.3) is 5.91 Å². The number of benzene rings is 1. The Hall–Kier alpha value is -1.88. The van der Waals surface area contributed by atoms with Crippen molar-refractivity contribution in [3.8, 4) is 0 Å². The molecular formula is C17H26N2O3. The molecule has 0 bridgehead atoms. The van der Waals surface area contributed by atoms with Crippen LogP contribution in [0.25, 0.3) is 0 Å². The predicted octanol–water partition coefficient (Wildman–Crippen LogP) is 2.58. The number of aliphatic hydroxyl groups excluding tert-OH is 1. The summed E-state index contributed by atoms with van der Waals surface area (Å²) in [7, 11) is 0. The smallest absolute Gasteiger partial charge is 0.254 e. The Balaban J connectivity index is 2.90. The first-order chi connectivity index (χ1) is 10.5. The van der Waals surface area contributed by atoms with Crippen LogP contribution in [0, 0.1) is 6.92 Å².